The molecule has 3 heterocycles. The van der Waals surface area contributed by atoms with E-state index in [0.717, 1.165) is 55.5 Å². The summed E-state index contributed by atoms with van der Waals surface area (Å²) in [6.07, 6.45) is 1.52. The number of hydrogen-bond donors (Lipinski definition) is 0. The van der Waals surface area contributed by atoms with Gasteiger partial charge in [0.05, 0.1) is 11.5 Å². The highest BCUT2D eigenvalue weighted by atomic mass is 35.5. The maximum atomic E-state index is 12.0. The van der Waals surface area contributed by atoms with Crippen molar-refractivity contribution in [1.82, 2.24) is 9.80 Å². The van der Waals surface area contributed by atoms with Gasteiger partial charge in [0, 0.05) is 55.2 Å². The van der Waals surface area contributed by atoms with Gasteiger partial charge in [-0.3, -0.25) is 9.80 Å². The van der Waals surface area contributed by atoms with Gasteiger partial charge in [-0.25, -0.2) is 13.2 Å². The molecule has 0 aliphatic carbocycles. The molecule has 2 aliphatic rings. The minimum absolute atomic E-state index is 0.156. The van der Waals surface area contributed by atoms with Crippen molar-refractivity contribution in [3.8, 4) is 0 Å². The fourth-order valence-corrected chi connectivity index (χ4v) is 6.34. The molecule has 0 amide bonds. The van der Waals surface area contributed by atoms with E-state index in [2.05, 4.69) is 9.80 Å². The van der Waals surface area contributed by atoms with E-state index in [4.69, 9.17) is 16.0 Å². The third-order valence-corrected chi connectivity index (χ3v) is 8.01. The van der Waals surface area contributed by atoms with Crippen molar-refractivity contribution in [3.05, 3.63) is 44.8 Å². The lowest BCUT2D eigenvalue weighted by Gasteiger charge is -2.37. The number of nitrogens with zero attached hydrogens (tertiary/aromatic N) is 2. The Labute approximate surface area is 170 Å². The largest absolute Gasteiger partial charge is 0.423 e. The Morgan fingerprint density at radius 1 is 1.14 bits per heavy atom. The third-order valence-electron chi connectivity index (χ3n) is 5.90. The quantitative estimate of drug-likeness (QED) is 0.701. The molecule has 0 radical (unpaired) electrons. The summed E-state index contributed by atoms with van der Waals surface area (Å²) in [5.41, 5.74) is 2.13. The van der Waals surface area contributed by atoms with E-state index in [0.29, 0.717) is 22.9 Å². The average Bonchev–Trinajstić information content (AvgIpc) is 3.02. The van der Waals surface area contributed by atoms with Crippen molar-refractivity contribution in [2.24, 2.45) is 0 Å². The van der Waals surface area contributed by atoms with Crippen molar-refractivity contribution >= 4 is 32.4 Å². The molecule has 2 fully saturated rings. The van der Waals surface area contributed by atoms with E-state index in [1.54, 1.807) is 6.07 Å². The number of aryl methyl sites for hydroxylation is 1. The molecule has 28 heavy (non-hydrogen) atoms. The van der Waals surface area contributed by atoms with Gasteiger partial charge in [0.15, 0.2) is 9.84 Å². The molecule has 1 aromatic heterocycles. The van der Waals surface area contributed by atoms with E-state index in [-0.39, 0.29) is 17.4 Å². The molecule has 0 saturated carbocycles. The molecule has 152 valence electrons. The monoisotopic (exact) mass is 424 g/mol. The predicted octanol–water partition coefficient (Wildman–Crippen LogP) is 2.31. The smallest absolute Gasteiger partial charge is 0.336 e. The Balaban J connectivity index is 1.49. The summed E-state index contributed by atoms with van der Waals surface area (Å²) >= 11 is 6.38. The van der Waals surface area contributed by atoms with Gasteiger partial charge in [-0.2, -0.15) is 0 Å². The highest BCUT2D eigenvalue weighted by Crippen LogP contribution is 2.27. The Bertz CT molecular complexity index is 1040. The van der Waals surface area contributed by atoms with Crippen LogP contribution >= 0.6 is 11.6 Å². The standard InChI is InChI=1S/C20H25ClN2O4S/c1-2-14-9-19-17(11-18(14)21)15(10-20(24)27-19)12-22-4-6-23(7-5-22)16-3-8-28(25,26)13-16/h9-11,16H,2-8,12-13H2,1H3/t16-/m0/s1. The first-order chi connectivity index (χ1) is 13.3. The molecule has 6 nitrogen and oxygen atoms in total. The predicted molar refractivity (Wildman–Crippen MR) is 111 cm³/mol. The van der Waals surface area contributed by atoms with Crippen LogP contribution in [-0.4, -0.2) is 61.9 Å². The van der Waals surface area contributed by atoms with Crippen molar-refractivity contribution in [2.45, 2.75) is 32.4 Å². The molecule has 8 heteroatoms. The second-order valence-electron chi connectivity index (χ2n) is 7.75. The number of benzene rings is 1. The lowest BCUT2D eigenvalue weighted by atomic mass is 10.1. The van der Waals surface area contributed by atoms with Crippen LogP contribution < -0.4 is 5.63 Å². The summed E-state index contributed by atoms with van der Waals surface area (Å²) < 4.78 is 28.9. The van der Waals surface area contributed by atoms with Gasteiger partial charge in [-0.05, 0) is 36.1 Å². The molecule has 2 aliphatic heterocycles. The first-order valence-corrected chi connectivity index (χ1v) is 12.0. The van der Waals surface area contributed by atoms with Crippen LogP contribution in [0.2, 0.25) is 5.02 Å². The average molecular weight is 425 g/mol. The molecular weight excluding hydrogens is 400 g/mol. The Kier molecular flexibility index (Phi) is 5.53. The summed E-state index contributed by atoms with van der Waals surface area (Å²) in [4.78, 5) is 16.6. The van der Waals surface area contributed by atoms with E-state index in [1.807, 2.05) is 19.1 Å². The van der Waals surface area contributed by atoms with Gasteiger partial charge < -0.3 is 4.42 Å². The summed E-state index contributed by atoms with van der Waals surface area (Å²) in [5, 5.41) is 1.57. The molecule has 0 unspecified atom stereocenters. The number of hydrogen-bond acceptors (Lipinski definition) is 6. The van der Waals surface area contributed by atoms with Gasteiger partial charge in [-0.15, -0.1) is 0 Å². The summed E-state index contributed by atoms with van der Waals surface area (Å²) in [6, 6.07) is 5.47. The van der Waals surface area contributed by atoms with Gasteiger partial charge >= 0.3 is 5.63 Å². The zero-order valence-electron chi connectivity index (χ0n) is 16.0. The van der Waals surface area contributed by atoms with Crippen LogP contribution in [0.3, 0.4) is 0 Å². The second kappa shape index (κ2) is 7.78. The van der Waals surface area contributed by atoms with Crippen LogP contribution in [0.5, 0.6) is 0 Å². The summed E-state index contributed by atoms with van der Waals surface area (Å²) in [6.45, 7) is 6.06. The molecule has 0 spiro atoms. The summed E-state index contributed by atoms with van der Waals surface area (Å²) in [5.74, 6) is 0.597. The fourth-order valence-electron chi connectivity index (χ4n) is 4.28. The maximum absolute atomic E-state index is 12.0. The number of fused-ring (bicyclic) bond motifs is 1. The number of piperazine rings is 1. The zero-order valence-corrected chi connectivity index (χ0v) is 17.6. The molecular formula is C20H25ClN2O4S. The molecule has 0 bridgehead atoms. The lowest BCUT2D eigenvalue weighted by molar-refractivity contribution is 0.100. The Hall–Kier alpha value is -1.41. The number of halogens is 1. The van der Waals surface area contributed by atoms with Gasteiger partial charge in [0.25, 0.3) is 0 Å². The molecule has 1 aromatic carbocycles. The minimum atomic E-state index is -2.86. The SMILES string of the molecule is CCc1cc2oc(=O)cc(CN3CCN([C@H]4CCS(=O)(=O)C4)CC3)c2cc1Cl. The second-order valence-corrected chi connectivity index (χ2v) is 10.4. The Morgan fingerprint density at radius 2 is 1.89 bits per heavy atom. The minimum Gasteiger partial charge on any atom is -0.423 e. The zero-order chi connectivity index (χ0) is 19.9. The molecule has 1 atom stereocenters. The van der Waals surface area contributed by atoms with Crippen molar-refractivity contribution < 1.29 is 12.8 Å². The lowest BCUT2D eigenvalue weighted by Crippen LogP contribution is -2.50. The van der Waals surface area contributed by atoms with Crippen LogP contribution in [0.25, 0.3) is 11.0 Å². The van der Waals surface area contributed by atoms with Crippen LogP contribution in [-0.2, 0) is 22.8 Å². The van der Waals surface area contributed by atoms with E-state index < -0.39 is 9.84 Å². The third kappa shape index (κ3) is 4.13. The van der Waals surface area contributed by atoms with Gasteiger partial charge in [0.1, 0.15) is 5.58 Å². The van der Waals surface area contributed by atoms with Crippen molar-refractivity contribution in [2.75, 3.05) is 37.7 Å². The van der Waals surface area contributed by atoms with Gasteiger partial charge in [-0.1, -0.05) is 18.5 Å². The van der Waals surface area contributed by atoms with Crippen LogP contribution in [0.4, 0.5) is 0 Å². The molecule has 0 N–H and O–H groups in total. The fraction of sp³-hybridized carbons (Fsp3) is 0.550. The van der Waals surface area contributed by atoms with E-state index >= 15 is 0 Å². The van der Waals surface area contributed by atoms with E-state index in [9.17, 15) is 13.2 Å². The first-order valence-electron chi connectivity index (χ1n) is 9.76. The van der Waals surface area contributed by atoms with Crippen LogP contribution in [0.1, 0.15) is 24.5 Å². The Morgan fingerprint density at radius 3 is 2.54 bits per heavy atom. The van der Waals surface area contributed by atoms with Crippen LogP contribution in [0.15, 0.2) is 27.4 Å². The first kappa shape index (κ1) is 19.9. The molecule has 2 aromatic rings. The molecule has 2 saturated heterocycles. The number of rotatable bonds is 4. The van der Waals surface area contributed by atoms with Crippen molar-refractivity contribution in [1.29, 1.82) is 0 Å². The number of sulfone groups is 1. The normalized spacial score (nSPS) is 23.4. The molecule has 4 rings (SSSR count). The van der Waals surface area contributed by atoms with E-state index in [1.165, 1.54) is 0 Å². The highest BCUT2D eigenvalue weighted by molar-refractivity contribution is 7.91. The van der Waals surface area contributed by atoms with Crippen molar-refractivity contribution in [3.63, 3.8) is 0 Å². The summed E-state index contributed by atoms with van der Waals surface area (Å²) in [7, 11) is -2.86. The van der Waals surface area contributed by atoms with Gasteiger partial charge in [0.2, 0.25) is 0 Å². The maximum Gasteiger partial charge on any atom is 0.336 e. The van der Waals surface area contributed by atoms with Crippen LogP contribution in [0, 0.1) is 0 Å². The topological polar surface area (TPSA) is 70.8 Å². The highest BCUT2D eigenvalue weighted by Gasteiger charge is 2.33.